The summed E-state index contributed by atoms with van der Waals surface area (Å²) in [5.74, 6) is -1.38. The Bertz CT molecular complexity index is 1200. The van der Waals surface area contributed by atoms with E-state index in [0.717, 1.165) is 25.5 Å². The molecule has 0 aliphatic carbocycles. The smallest absolute Gasteiger partial charge is 0.397 e. The molecule has 0 aromatic carbocycles. The van der Waals surface area contributed by atoms with Gasteiger partial charge < -0.3 is 11.1 Å². The number of hydrogen-bond donors (Lipinski definition) is 3. The van der Waals surface area contributed by atoms with Crippen LogP contribution >= 0.6 is 0 Å². The van der Waals surface area contributed by atoms with Gasteiger partial charge in [-0.15, -0.1) is 0 Å². The lowest BCUT2D eigenvalue weighted by Gasteiger charge is -2.13. The first-order valence-electron chi connectivity index (χ1n) is 8.58. The number of amides is 1. The number of rotatable bonds is 4. The van der Waals surface area contributed by atoms with E-state index < -0.39 is 52.3 Å². The molecule has 0 aliphatic rings. The van der Waals surface area contributed by atoms with Crippen molar-refractivity contribution in [3.63, 3.8) is 0 Å². The topological polar surface area (TPSA) is 123 Å². The van der Waals surface area contributed by atoms with Gasteiger partial charge >= 0.3 is 12.4 Å². The number of nitrogens with two attached hydrogens (primary N) is 1. The van der Waals surface area contributed by atoms with Crippen LogP contribution in [0.5, 0.6) is 0 Å². The number of carbonyl (C=O) groups is 1. The van der Waals surface area contributed by atoms with Crippen LogP contribution < -0.4 is 11.1 Å². The summed E-state index contributed by atoms with van der Waals surface area (Å²) in [6.45, 7) is 0. The lowest BCUT2D eigenvalue weighted by Crippen LogP contribution is -2.22. The zero-order valence-corrected chi connectivity index (χ0v) is 16.0. The van der Waals surface area contributed by atoms with Crippen molar-refractivity contribution < 1.29 is 31.1 Å². The van der Waals surface area contributed by atoms with Gasteiger partial charge in [0.2, 0.25) is 0 Å². The second-order valence-electron chi connectivity index (χ2n) is 6.41. The van der Waals surface area contributed by atoms with E-state index in [9.17, 15) is 31.1 Å². The molecule has 0 fully saturated rings. The lowest BCUT2D eigenvalue weighted by atomic mass is 10.0. The molecule has 0 aliphatic heterocycles. The molecule has 0 radical (unpaired) electrons. The van der Waals surface area contributed by atoms with Crippen LogP contribution in [0.15, 0.2) is 36.8 Å². The monoisotopic (exact) mass is 457 g/mol. The van der Waals surface area contributed by atoms with Crippen molar-refractivity contribution in [3.05, 3.63) is 65.0 Å². The summed E-state index contributed by atoms with van der Waals surface area (Å²) < 4.78 is 80.7. The minimum atomic E-state index is -5.13. The Morgan fingerprint density at radius 1 is 1.12 bits per heavy atom. The van der Waals surface area contributed by atoms with Crippen molar-refractivity contribution in [1.29, 1.82) is 5.41 Å². The Balaban J connectivity index is 2.07. The highest BCUT2D eigenvalue weighted by Crippen LogP contribution is 2.36. The van der Waals surface area contributed by atoms with Crippen LogP contribution in [0, 0.1) is 5.41 Å². The molecule has 0 bridgehead atoms. The molecular formula is C18H13F6N7O. The van der Waals surface area contributed by atoms with Crippen LogP contribution in [-0.4, -0.2) is 31.4 Å². The van der Waals surface area contributed by atoms with Crippen molar-refractivity contribution in [1.82, 2.24) is 19.7 Å². The molecule has 168 valence electrons. The van der Waals surface area contributed by atoms with Crippen LogP contribution in [0.2, 0.25) is 0 Å². The van der Waals surface area contributed by atoms with Gasteiger partial charge in [0, 0.05) is 30.7 Å². The molecule has 4 N–H and O–H groups in total. The number of alkyl halides is 6. The summed E-state index contributed by atoms with van der Waals surface area (Å²) in [6, 6.07) is 2.67. The summed E-state index contributed by atoms with van der Waals surface area (Å²) >= 11 is 0. The van der Waals surface area contributed by atoms with Gasteiger partial charge in [-0.1, -0.05) is 0 Å². The molecule has 3 rings (SSSR count). The Kier molecular flexibility index (Phi) is 5.63. The third-order valence-corrected chi connectivity index (χ3v) is 4.21. The zero-order valence-electron chi connectivity index (χ0n) is 16.0. The Hall–Kier alpha value is -3.97. The molecule has 0 saturated heterocycles. The van der Waals surface area contributed by atoms with E-state index in [4.69, 9.17) is 11.1 Å². The minimum absolute atomic E-state index is 0.0845. The number of nitrogen functional groups attached to an aromatic ring is 1. The first kappa shape index (κ1) is 22.7. The Labute approximate surface area is 175 Å². The average Bonchev–Trinajstić information content (AvgIpc) is 3.05. The van der Waals surface area contributed by atoms with E-state index in [-0.39, 0.29) is 11.3 Å². The number of hydrogen-bond acceptors (Lipinski definition) is 6. The maximum Gasteiger partial charge on any atom is 0.433 e. The molecule has 3 heterocycles. The zero-order chi connectivity index (χ0) is 23.8. The number of carbonyl (C=O) groups excluding carboxylic acids is 1. The van der Waals surface area contributed by atoms with E-state index in [1.54, 1.807) is 0 Å². The highest BCUT2D eigenvalue weighted by molar-refractivity contribution is 6.15. The first-order chi connectivity index (χ1) is 14.8. The molecule has 14 heteroatoms. The molecule has 0 saturated carbocycles. The van der Waals surface area contributed by atoms with Crippen molar-refractivity contribution in [3.8, 4) is 0 Å². The standard InChI is InChI=1S/C18H13F6N7O/c1-31-15(16(32)29-8-2-5-28-11(6-8)17(19,20)21)12(18(22,23)24)14(30-31)13(26)9-3-4-27-7-10(9)25/h2-7,26H,25H2,1H3,(H,28,29,32). The summed E-state index contributed by atoms with van der Waals surface area (Å²) in [4.78, 5) is 19.4. The second-order valence-corrected chi connectivity index (χ2v) is 6.41. The largest absolute Gasteiger partial charge is 0.433 e. The predicted molar refractivity (Wildman–Crippen MR) is 100.0 cm³/mol. The van der Waals surface area contributed by atoms with Crippen molar-refractivity contribution in [2.24, 2.45) is 7.05 Å². The normalized spacial score (nSPS) is 12.0. The maximum atomic E-state index is 13.9. The van der Waals surface area contributed by atoms with E-state index >= 15 is 0 Å². The molecule has 32 heavy (non-hydrogen) atoms. The average molecular weight is 457 g/mol. The third-order valence-electron chi connectivity index (χ3n) is 4.21. The molecule has 3 aromatic rings. The summed E-state index contributed by atoms with van der Waals surface area (Å²) in [5, 5.41) is 13.8. The van der Waals surface area contributed by atoms with Crippen molar-refractivity contribution in [2.75, 3.05) is 11.1 Å². The van der Waals surface area contributed by atoms with Crippen molar-refractivity contribution >= 4 is 23.0 Å². The number of aromatic nitrogens is 4. The van der Waals surface area contributed by atoms with Crippen LogP contribution in [0.25, 0.3) is 0 Å². The number of aryl methyl sites for hydroxylation is 1. The van der Waals surface area contributed by atoms with E-state index in [1.165, 1.54) is 12.3 Å². The predicted octanol–water partition coefficient (Wildman–Crippen LogP) is 3.50. The highest BCUT2D eigenvalue weighted by atomic mass is 19.4. The number of nitrogens with zero attached hydrogens (tertiary/aromatic N) is 4. The molecule has 0 atom stereocenters. The van der Waals surface area contributed by atoms with Gasteiger partial charge in [0.15, 0.2) is 0 Å². The van der Waals surface area contributed by atoms with Crippen LogP contribution in [0.4, 0.5) is 37.7 Å². The third kappa shape index (κ3) is 4.38. The van der Waals surface area contributed by atoms with Crippen LogP contribution in [-0.2, 0) is 19.4 Å². The number of nitrogens with one attached hydrogen (secondary N) is 2. The lowest BCUT2D eigenvalue weighted by molar-refractivity contribution is -0.141. The van der Waals surface area contributed by atoms with Gasteiger partial charge in [-0.25, -0.2) is 0 Å². The van der Waals surface area contributed by atoms with E-state index in [0.29, 0.717) is 10.7 Å². The van der Waals surface area contributed by atoms with Crippen LogP contribution in [0.3, 0.4) is 0 Å². The van der Waals surface area contributed by atoms with E-state index in [1.807, 2.05) is 5.32 Å². The molecular weight excluding hydrogens is 444 g/mol. The first-order valence-corrected chi connectivity index (χ1v) is 8.58. The highest BCUT2D eigenvalue weighted by Gasteiger charge is 2.43. The molecule has 3 aromatic heterocycles. The van der Waals surface area contributed by atoms with Gasteiger partial charge in [0.25, 0.3) is 5.91 Å². The Morgan fingerprint density at radius 3 is 2.41 bits per heavy atom. The van der Waals surface area contributed by atoms with Gasteiger partial charge in [-0.2, -0.15) is 31.4 Å². The van der Waals surface area contributed by atoms with Gasteiger partial charge in [0.1, 0.15) is 22.6 Å². The minimum Gasteiger partial charge on any atom is -0.397 e. The fourth-order valence-corrected chi connectivity index (χ4v) is 2.84. The van der Waals surface area contributed by atoms with Crippen LogP contribution in [0.1, 0.15) is 33.0 Å². The SMILES string of the molecule is Cn1nc(C(=N)c2ccncc2N)c(C(F)(F)F)c1C(=O)Nc1ccnc(C(F)(F)F)c1. The summed E-state index contributed by atoms with van der Waals surface area (Å²) in [6.07, 6.45) is -6.85. The maximum absolute atomic E-state index is 13.9. The summed E-state index contributed by atoms with van der Waals surface area (Å²) in [5.41, 5.74) is -0.410. The van der Waals surface area contributed by atoms with Crippen molar-refractivity contribution in [2.45, 2.75) is 12.4 Å². The fraction of sp³-hybridized carbons (Fsp3) is 0.167. The number of pyridine rings is 2. The Morgan fingerprint density at radius 2 is 1.81 bits per heavy atom. The van der Waals surface area contributed by atoms with E-state index in [2.05, 4.69) is 15.1 Å². The molecule has 0 unspecified atom stereocenters. The molecule has 1 amide bonds. The molecule has 0 spiro atoms. The second kappa shape index (κ2) is 7.94. The fourth-order valence-electron chi connectivity index (χ4n) is 2.84. The quantitative estimate of drug-likeness (QED) is 0.409. The number of anilines is 2. The number of halogens is 6. The molecule has 8 nitrogen and oxygen atoms in total. The van der Waals surface area contributed by atoms with Gasteiger partial charge in [-0.3, -0.25) is 24.9 Å². The summed E-state index contributed by atoms with van der Waals surface area (Å²) in [7, 11) is 1.03. The van der Waals surface area contributed by atoms with Gasteiger partial charge in [0.05, 0.1) is 17.6 Å². The van der Waals surface area contributed by atoms with Gasteiger partial charge in [-0.05, 0) is 18.2 Å².